The molecule has 6 heteroatoms. The van der Waals surface area contributed by atoms with E-state index in [1.165, 1.54) is 0 Å². The Labute approximate surface area is 129 Å². The van der Waals surface area contributed by atoms with Gasteiger partial charge in [-0.3, -0.25) is 0 Å². The van der Waals surface area contributed by atoms with E-state index in [-0.39, 0.29) is 0 Å². The molecule has 1 N–H and O–H groups in total. The average molecular weight is 308 g/mol. The van der Waals surface area contributed by atoms with Crippen molar-refractivity contribution in [1.82, 2.24) is 10.2 Å². The number of aliphatic imine (C=N–C) groups is 1. The second kappa shape index (κ2) is 5.85. The molecule has 0 fully saturated rings. The van der Waals surface area contributed by atoms with Crippen molar-refractivity contribution in [3.05, 3.63) is 34.5 Å². The summed E-state index contributed by atoms with van der Waals surface area (Å²) in [6.07, 6.45) is 0.889. The van der Waals surface area contributed by atoms with Crippen LogP contribution in [0.5, 0.6) is 11.5 Å². The van der Waals surface area contributed by atoms with Crippen LogP contribution in [0.2, 0.25) is 0 Å². The molecule has 5 nitrogen and oxygen atoms in total. The average Bonchev–Trinajstić information content (AvgIpc) is 2.94. The van der Waals surface area contributed by atoms with Crippen LogP contribution in [-0.2, 0) is 6.54 Å². The Morgan fingerprint density at radius 2 is 2.14 bits per heavy atom. The topological polar surface area (TPSA) is 46.1 Å². The molecule has 2 aliphatic rings. The number of nitrogens with one attached hydrogen (secondary N) is 1. The maximum Gasteiger partial charge on any atom is 0.231 e. The largest absolute Gasteiger partial charge is 0.454 e. The molecule has 0 amide bonds. The van der Waals surface area contributed by atoms with Crippen molar-refractivity contribution in [2.24, 2.45) is 4.99 Å². The van der Waals surface area contributed by atoms with E-state index in [4.69, 9.17) is 21.1 Å². The molecule has 2 aliphatic heterocycles. The minimum Gasteiger partial charge on any atom is -0.454 e. The third-order valence-electron chi connectivity index (χ3n) is 3.59. The highest BCUT2D eigenvalue weighted by Crippen LogP contribution is 2.32. The van der Waals surface area contributed by atoms with Gasteiger partial charge in [-0.15, -0.1) is 0 Å². The van der Waals surface area contributed by atoms with Crippen LogP contribution in [0.4, 0.5) is 0 Å². The highest BCUT2D eigenvalue weighted by Gasteiger charge is 2.18. The molecule has 0 bridgehead atoms. The zero-order valence-electron chi connectivity index (χ0n) is 12.1. The molecule has 2 heterocycles. The van der Waals surface area contributed by atoms with Gasteiger partial charge in [0.15, 0.2) is 11.5 Å². The van der Waals surface area contributed by atoms with Crippen molar-refractivity contribution in [2.45, 2.75) is 19.9 Å². The van der Waals surface area contributed by atoms with E-state index in [0.29, 0.717) is 25.0 Å². The Bertz CT molecular complexity index is 613. The van der Waals surface area contributed by atoms with Crippen molar-refractivity contribution in [2.75, 3.05) is 20.5 Å². The van der Waals surface area contributed by atoms with Crippen molar-refractivity contribution in [1.29, 1.82) is 0 Å². The molecule has 0 unspecified atom stereocenters. The number of hydrogen-bond acceptors (Lipinski definition) is 5. The number of benzene rings is 1. The Morgan fingerprint density at radius 3 is 2.95 bits per heavy atom. The minimum absolute atomic E-state index is 0.291. The number of ether oxygens (including phenoxy) is 2. The molecule has 0 aliphatic carbocycles. The summed E-state index contributed by atoms with van der Waals surface area (Å²) < 4.78 is 10.7. The van der Waals surface area contributed by atoms with Crippen LogP contribution in [0.1, 0.15) is 18.9 Å². The standard InChI is InChI=1S/C15H18ClN3O2/c1-3-11-14(16)15(18-8-19(11)2)17-7-10-4-5-12-13(6-10)21-9-20-12/h4-6H,3,7-9H2,1-2H3,(H,17,18). The summed E-state index contributed by atoms with van der Waals surface area (Å²) in [4.78, 5) is 6.53. The van der Waals surface area contributed by atoms with Crippen LogP contribution in [0, 0.1) is 0 Å². The summed E-state index contributed by atoms with van der Waals surface area (Å²) in [5.74, 6) is 2.33. The third kappa shape index (κ3) is 2.78. The zero-order chi connectivity index (χ0) is 14.8. The fourth-order valence-corrected chi connectivity index (χ4v) is 2.84. The number of nitrogens with zero attached hydrogens (tertiary/aromatic N) is 2. The molecule has 21 heavy (non-hydrogen) atoms. The zero-order valence-corrected chi connectivity index (χ0v) is 12.9. The monoisotopic (exact) mass is 307 g/mol. The van der Waals surface area contributed by atoms with Gasteiger partial charge in [0.05, 0.1) is 0 Å². The van der Waals surface area contributed by atoms with Gasteiger partial charge in [0, 0.05) is 19.3 Å². The van der Waals surface area contributed by atoms with Gasteiger partial charge in [0.25, 0.3) is 0 Å². The molecule has 0 saturated carbocycles. The number of allylic oxidation sites excluding steroid dienone is 1. The number of rotatable bonds is 3. The summed E-state index contributed by atoms with van der Waals surface area (Å²) in [6.45, 7) is 3.66. The maximum atomic E-state index is 6.40. The first-order valence-corrected chi connectivity index (χ1v) is 7.34. The lowest BCUT2D eigenvalue weighted by molar-refractivity contribution is 0.174. The van der Waals surface area contributed by atoms with Crippen LogP contribution >= 0.6 is 11.6 Å². The lowest BCUT2D eigenvalue weighted by atomic mass is 10.2. The molecule has 3 rings (SSSR count). The van der Waals surface area contributed by atoms with Crippen LogP contribution in [0.15, 0.2) is 33.9 Å². The Hall–Kier alpha value is -1.88. The first-order valence-electron chi connectivity index (χ1n) is 6.96. The molecule has 0 atom stereocenters. The minimum atomic E-state index is 0.291. The molecule has 0 radical (unpaired) electrons. The normalized spacial score (nSPS) is 17.1. The van der Waals surface area contributed by atoms with E-state index in [0.717, 1.165) is 35.0 Å². The fourth-order valence-electron chi connectivity index (χ4n) is 2.43. The number of halogens is 1. The van der Waals surface area contributed by atoms with E-state index in [2.05, 4.69) is 22.1 Å². The van der Waals surface area contributed by atoms with E-state index >= 15 is 0 Å². The molecular weight excluding hydrogens is 290 g/mol. The van der Waals surface area contributed by atoms with Gasteiger partial charge in [-0.25, -0.2) is 4.99 Å². The molecule has 0 saturated heterocycles. The summed E-state index contributed by atoms with van der Waals surface area (Å²) in [6, 6.07) is 5.91. The van der Waals surface area contributed by atoms with Crippen molar-refractivity contribution >= 4 is 17.4 Å². The van der Waals surface area contributed by atoms with Gasteiger partial charge in [-0.1, -0.05) is 24.6 Å². The Kier molecular flexibility index (Phi) is 3.92. The van der Waals surface area contributed by atoms with Gasteiger partial charge in [-0.2, -0.15) is 0 Å². The lowest BCUT2D eigenvalue weighted by Gasteiger charge is -2.27. The van der Waals surface area contributed by atoms with E-state index < -0.39 is 0 Å². The quantitative estimate of drug-likeness (QED) is 0.932. The number of amidine groups is 1. The summed E-state index contributed by atoms with van der Waals surface area (Å²) in [7, 11) is 2.00. The second-order valence-electron chi connectivity index (χ2n) is 5.00. The number of fused-ring (bicyclic) bond motifs is 1. The molecule has 1 aromatic carbocycles. The second-order valence-corrected chi connectivity index (χ2v) is 5.38. The van der Waals surface area contributed by atoms with Crippen LogP contribution in [0.3, 0.4) is 0 Å². The van der Waals surface area contributed by atoms with Crippen LogP contribution < -0.4 is 14.8 Å². The fraction of sp³-hybridized carbons (Fsp3) is 0.400. The molecule has 1 aromatic rings. The first-order chi connectivity index (χ1) is 10.2. The van der Waals surface area contributed by atoms with Crippen LogP contribution in [0.25, 0.3) is 0 Å². The van der Waals surface area contributed by atoms with E-state index in [9.17, 15) is 0 Å². The van der Waals surface area contributed by atoms with Gasteiger partial charge in [-0.05, 0) is 24.1 Å². The summed E-state index contributed by atoms with van der Waals surface area (Å²) in [5, 5.41) is 4.00. The van der Waals surface area contributed by atoms with Crippen molar-refractivity contribution in [3.8, 4) is 11.5 Å². The maximum absolute atomic E-state index is 6.40. The summed E-state index contributed by atoms with van der Waals surface area (Å²) >= 11 is 6.40. The molecule has 0 aromatic heterocycles. The van der Waals surface area contributed by atoms with E-state index in [1.54, 1.807) is 0 Å². The van der Waals surface area contributed by atoms with E-state index in [1.807, 2.05) is 25.2 Å². The first kappa shape index (κ1) is 14.1. The van der Waals surface area contributed by atoms with Crippen molar-refractivity contribution in [3.63, 3.8) is 0 Å². The number of hydrogen-bond donors (Lipinski definition) is 1. The molecular formula is C15H18ClN3O2. The Morgan fingerprint density at radius 1 is 1.33 bits per heavy atom. The predicted octanol–water partition coefficient (Wildman–Crippen LogP) is 2.67. The lowest BCUT2D eigenvalue weighted by Crippen LogP contribution is -2.33. The molecule has 0 spiro atoms. The van der Waals surface area contributed by atoms with Gasteiger partial charge >= 0.3 is 0 Å². The van der Waals surface area contributed by atoms with Gasteiger partial charge in [0.2, 0.25) is 6.79 Å². The smallest absolute Gasteiger partial charge is 0.231 e. The summed E-state index contributed by atoms with van der Waals surface area (Å²) in [5.41, 5.74) is 2.21. The highest BCUT2D eigenvalue weighted by atomic mass is 35.5. The predicted molar refractivity (Wildman–Crippen MR) is 82.6 cm³/mol. The van der Waals surface area contributed by atoms with Crippen molar-refractivity contribution < 1.29 is 9.47 Å². The Balaban J connectivity index is 1.69. The van der Waals surface area contributed by atoms with Gasteiger partial charge in [0.1, 0.15) is 17.5 Å². The molecule has 112 valence electrons. The van der Waals surface area contributed by atoms with Gasteiger partial charge < -0.3 is 19.7 Å². The highest BCUT2D eigenvalue weighted by molar-refractivity contribution is 6.43. The van der Waals surface area contributed by atoms with Crippen LogP contribution in [-0.4, -0.2) is 31.2 Å². The third-order valence-corrected chi connectivity index (χ3v) is 3.99. The SMILES string of the molecule is CCC1=C(Cl)C(NCc2ccc3c(c2)OCO3)=NCN1C.